The smallest absolute Gasteiger partial charge is 0.223 e. The molecule has 27 heavy (non-hydrogen) atoms. The summed E-state index contributed by atoms with van der Waals surface area (Å²) >= 11 is 0. The second-order valence-electron chi connectivity index (χ2n) is 7.26. The SMILES string of the molecule is O=C(CCc1cc2n(n1)CCNC2)N(Cc1ccccn1)C[C@@H]1CCCO1. The fraction of sp³-hybridized carbons (Fsp3) is 0.550. The predicted molar refractivity (Wildman–Crippen MR) is 101 cm³/mol. The van der Waals surface area contributed by atoms with Crippen LogP contribution < -0.4 is 5.32 Å². The number of carbonyl (C=O) groups excluding carboxylic acids is 1. The van der Waals surface area contributed by atoms with Crippen LogP contribution in [0.4, 0.5) is 0 Å². The number of carbonyl (C=O) groups is 1. The summed E-state index contributed by atoms with van der Waals surface area (Å²) in [6, 6.07) is 7.93. The van der Waals surface area contributed by atoms with Crippen molar-refractivity contribution in [2.45, 2.75) is 51.4 Å². The average molecular weight is 369 g/mol. The van der Waals surface area contributed by atoms with Gasteiger partial charge in [0.1, 0.15) is 0 Å². The number of ether oxygens (including phenoxy) is 1. The Labute approximate surface area is 159 Å². The molecule has 2 aromatic heterocycles. The van der Waals surface area contributed by atoms with E-state index in [9.17, 15) is 4.79 Å². The van der Waals surface area contributed by atoms with Crippen molar-refractivity contribution in [2.75, 3.05) is 19.7 Å². The van der Waals surface area contributed by atoms with E-state index in [0.717, 1.165) is 50.5 Å². The molecule has 4 rings (SSSR count). The van der Waals surface area contributed by atoms with Crippen LogP contribution in [0.2, 0.25) is 0 Å². The van der Waals surface area contributed by atoms with Crippen LogP contribution in [0.1, 0.15) is 36.3 Å². The first-order valence-electron chi connectivity index (χ1n) is 9.83. The Bertz CT molecular complexity index is 731. The van der Waals surface area contributed by atoms with E-state index in [-0.39, 0.29) is 12.0 Å². The van der Waals surface area contributed by atoms with E-state index >= 15 is 0 Å². The molecule has 0 radical (unpaired) electrons. The minimum absolute atomic E-state index is 0.139. The number of fused-ring (bicyclic) bond motifs is 1. The quantitative estimate of drug-likeness (QED) is 0.801. The fourth-order valence-electron chi connectivity index (χ4n) is 3.74. The summed E-state index contributed by atoms with van der Waals surface area (Å²) in [5.74, 6) is 0.139. The lowest BCUT2D eigenvalue weighted by Crippen LogP contribution is -2.37. The van der Waals surface area contributed by atoms with Crippen LogP contribution in [0.25, 0.3) is 0 Å². The molecule has 2 aromatic rings. The number of amides is 1. The maximum atomic E-state index is 12.9. The van der Waals surface area contributed by atoms with Crippen LogP contribution >= 0.6 is 0 Å². The zero-order valence-electron chi connectivity index (χ0n) is 15.6. The van der Waals surface area contributed by atoms with E-state index in [0.29, 0.717) is 25.9 Å². The summed E-state index contributed by atoms with van der Waals surface area (Å²) in [5, 5.41) is 7.99. The second kappa shape index (κ2) is 8.63. The van der Waals surface area contributed by atoms with Gasteiger partial charge in [0.05, 0.1) is 36.3 Å². The molecule has 0 aromatic carbocycles. The molecule has 0 unspecified atom stereocenters. The van der Waals surface area contributed by atoms with Gasteiger partial charge < -0.3 is 15.0 Å². The summed E-state index contributed by atoms with van der Waals surface area (Å²) in [6.45, 7) is 4.67. The number of aryl methyl sites for hydroxylation is 1. The third kappa shape index (κ3) is 4.73. The van der Waals surface area contributed by atoms with Gasteiger partial charge in [0.15, 0.2) is 0 Å². The molecule has 0 saturated carbocycles. The summed E-state index contributed by atoms with van der Waals surface area (Å²) in [4.78, 5) is 19.2. The molecule has 2 aliphatic heterocycles. The van der Waals surface area contributed by atoms with Gasteiger partial charge in [-0.3, -0.25) is 14.5 Å². The third-order valence-electron chi connectivity index (χ3n) is 5.20. The Morgan fingerprint density at radius 1 is 1.37 bits per heavy atom. The second-order valence-corrected chi connectivity index (χ2v) is 7.26. The molecular weight excluding hydrogens is 342 g/mol. The first-order valence-corrected chi connectivity index (χ1v) is 9.83. The van der Waals surface area contributed by atoms with Crippen LogP contribution in [0, 0.1) is 0 Å². The Kier molecular flexibility index (Phi) is 5.79. The summed E-state index contributed by atoms with van der Waals surface area (Å²) in [5.41, 5.74) is 3.11. The average Bonchev–Trinajstić information content (AvgIpc) is 3.35. The van der Waals surface area contributed by atoms with Gasteiger partial charge in [-0.05, 0) is 31.0 Å². The van der Waals surface area contributed by atoms with E-state index in [1.165, 1.54) is 5.69 Å². The zero-order chi connectivity index (χ0) is 18.5. The molecule has 1 saturated heterocycles. The maximum Gasteiger partial charge on any atom is 0.223 e. The lowest BCUT2D eigenvalue weighted by Gasteiger charge is -2.25. The molecule has 7 heteroatoms. The first-order chi connectivity index (χ1) is 13.3. The highest BCUT2D eigenvalue weighted by molar-refractivity contribution is 5.76. The van der Waals surface area contributed by atoms with Gasteiger partial charge in [0.2, 0.25) is 5.91 Å². The van der Waals surface area contributed by atoms with Gasteiger partial charge >= 0.3 is 0 Å². The lowest BCUT2D eigenvalue weighted by molar-refractivity contribution is -0.133. The largest absolute Gasteiger partial charge is 0.376 e. The standard InChI is InChI=1S/C20H27N5O2/c26-20(7-6-16-12-18-13-21-9-10-25(18)23-16)24(15-19-5-3-11-27-19)14-17-4-1-2-8-22-17/h1-2,4,8,12,19,21H,3,5-7,9-11,13-15H2/t19-/m0/s1. The highest BCUT2D eigenvalue weighted by Crippen LogP contribution is 2.16. The first kappa shape index (κ1) is 18.1. The van der Waals surface area contributed by atoms with Crippen LogP contribution in [-0.2, 0) is 35.6 Å². The minimum atomic E-state index is 0.139. The molecule has 1 atom stereocenters. The van der Waals surface area contributed by atoms with E-state index < -0.39 is 0 Å². The van der Waals surface area contributed by atoms with Crippen LogP contribution in [0.15, 0.2) is 30.5 Å². The molecule has 0 bridgehead atoms. The molecule has 1 amide bonds. The molecule has 0 aliphatic carbocycles. The third-order valence-corrected chi connectivity index (χ3v) is 5.20. The number of nitrogens with zero attached hydrogens (tertiary/aromatic N) is 4. The molecule has 0 spiro atoms. The van der Waals surface area contributed by atoms with Gasteiger partial charge in [-0.25, -0.2) is 0 Å². The van der Waals surface area contributed by atoms with E-state index in [1.54, 1.807) is 6.20 Å². The predicted octanol–water partition coefficient (Wildman–Crippen LogP) is 1.52. The van der Waals surface area contributed by atoms with Gasteiger partial charge in [-0.2, -0.15) is 5.10 Å². The summed E-state index contributed by atoms with van der Waals surface area (Å²) < 4.78 is 7.80. The number of nitrogens with one attached hydrogen (secondary N) is 1. The van der Waals surface area contributed by atoms with Crippen molar-refractivity contribution in [2.24, 2.45) is 0 Å². The molecule has 4 heterocycles. The van der Waals surface area contributed by atoms with Gasteiger partial charge in [-0.15, -0.1) is 0 Å². The van der Waals surface area contributed by atoms with Gasteiger partial charge in [0.25, 0.3) is 0 Å². The molecule has 144 valence electrons. The zero-order valence-corrected chi connectivity index (χ0v) is 15.6. The molecule has 2 aliphatic rings. The normalized spacial score (nSPS) is 19.0. The topological polar surface area (TPSA) is 72.3 Å². The molecular formula is C20H27N5O2. The van der Waals surface area contributed by atoms with Gasteiger partial charge in [0, 0.05) is 45.3 Å². The van der Waals surface area contributed by atoms with Crippen LogP contribution in [0.3, 0.4) is 0 Å². The highest BCUT2D eigenvalue weighted by atomic mass is 16.5. The summed E-state index contributed by atoms with van der Waals surface area (Å²) in [7, 11) is 0. The number of hydrogen-bond donors (Lipinski definition) is 1. The molecule has 1 N–H and O–H groups in total. The number of aromatic nitrogens is 3. The van der Waals surface area contributed by atoms with E-state index in [1.807, 2.05) is 27.8 Å². The Hall–Kier alpha value is -2.25. The number of pyridine rings is 1. The maximum absolute atomic E-state index is 12.9. The van der Waals surface area contributed by atoms with Gasteiger partial charge in [-0.1, -0.05) is 6.07 Å². The monoisotopic (exact) mass is 369 g/mol. The van der Waals surface area contributed by atoms with Crippen molar-refractivity contribution < 1.29 is 9.53 Å². The van der Waals surface area contributed by atoms with Crippen LogP contribution in [0.5, 0.6) is 0 Å². The molecule has 7 nitrogen and oxygen atoms in total. The van der Waals surface area contributed by atoms with E-state index in [2.05, 4.69) is 21.5 Å². The van der Waals surface area contributed by atoms with Crippen molar-refractivity contribution in [1.29, 1.82) is 0 Å². The van der Waals surface area contributed by atoms with Crippen molar-refractivity contribution in [3.8, 4) is 0 Å². The van der Waals surface area contributed by atoms with Crippen molar-refractivity contribution >= 4 is 5.91 Å². The summed E-state index contributed by atoms with van der Waals surface area (Å²) in [6.07, 6.45) is 5.14. The fourth-order valence-corrected chi connectivity index (χ4v) is 3.74. The highest BCUT2D eigenvalue weighted by Gasteiger charge is 2.23. The van der Waals surface area contributed by atoms with E-state index in [4.69, 9.17) is 4.74 Å². The Morgan fingerprint density at radius 2 is 2.33 bits per heavy atom. The number of rotatable bonds is 7. The Balaban J connectivity index is 1.38. The van der Waals surface area contributed by atoms with Crippen molar-refractivity contribution in [3.05, 3.63) is 47.5 Å². The number of hydrogen-bond acceptors (Lipinski definition) is 5. The molecule has 1 fully saturated rings. The van der Waals surface area contributed by atoms with Crippen LogP contribution in [-0.4, -0.2) is 51.4 Å². The van der Waals surface area contributed by atoms with Crippen molar-refractivity contribution in [3.63, 3.8) is 0 Å². The Morgan fingerprint density at radius 3 is 3.11 bits per heavy atom. The van der Waals surface area contributed by atoms with Crippen molar-refractivity contribution in [1.82, 2.24) is 25.0 Å². The minimum Gasteiger partial charge on any atom is -0.376 e. The lowest BCUT2D eigenvalue weighted by atomic mass is 10.1.